The molecule has 1 aliphatic heterocycles. The molecule has 2 aliphatic rings. The fraction of sp³-hybridized carbons (Fsp3) is 0.647. The van der Waals surface area contributed by atoms with Gasteiger partial charge in [0.2, 0.25) is 0 Å². The van der Waals surface area contributed by atoms with Crippen molar-refractivity contribution in [2.24, 2.45) is 5.73 Å². The van der Waals surface area contributed by atoms with Gasteiger partial charge >= 0.3 is 0 Å². The van der Waals surface area contributed by atoms with Crippen LogP contribution >= 0.6 is 0 Å². The molecule has 110 valence electrons. The van der Waals surface area contributed by atoms with Crippen molar-refractivity contribution < 1.29 is 0 Å². The number of hydrogen-bond acceptors (Lipinski definition) is 3. The van der Waals surface area contributed by atoms with Gasteiger partial charge in [-0.25, -0.2) is 0 Å². The molecule has 1 aliphatic carbocycles. The van der Waals surface area contributed by atoms with Gasteiger partial charge in [0.1, 0.15) is 0 Å². The van der Waals surface area contributed by atoms with Gasteiger partial charge in [-0.15, -0.1) is 0 Å². The van der Waals surface area contributed by atoms with Crippen molar-refractivity contribution in [3.05, 3.63) is 35.9 Å². The molecular formula is C17H27N3. The summed E-state index contributed by atoms with van der Waals surface area (Å²) in [4.78, 5) is 5.31. The van der Waals surface area contributed by atoms with Gasteiger partial charge in [0.05, 0.1) is 0 Å². The van der Waals surface area contributed by atoms with Crippen LogP contribution in [0.2, 0.25) is 0 Å². The molecule has 2 N–H and O–H groups in total. The first kappa shape index (κ1) is 14.1. The highest BCUT2D eigenvalue weighted by molar-refractivity contribution is 5.14. The molecule has 0 unspecified atom stereocenters. The lowest BCUT2D eigenvalue weighted by molar-refractivity contribution is 0.0895. The second kappa shape index (κ2) is 6.70. The number of hydrogen-bond donors (Lipinski definition) is 1. The SMILES string of the molecule is NCCN(C1CC1)[C@H]1CCCN(Cc2ccccc2)C1. The zero-order chi connectivity index (χ0) is 13.8. The predicted octanol–water partition coefficient (Wildman–Crippen LogP) is 2.07. The third kappa shape index (κ3) is 3.60. The summed E-state index contributed by atoms with van der Waals surface area (Å²) >= 11 is 0. The van der Waals surface area contributed by atoms with Crippen LogP contribution in [0.5, 0.6) is 0 Å². The molecule has 1 saturated carbocycles. The van der Waals surface area contributed by atoms with Crippen molar-refractivity contribution in [2.45, 2.75) is 44.3 Å². The van der Waals surface area contributed by atoms with E-state index in [0.717, 1.165) is 31.7 Å². The Balaban J connectivity index is 1.58. The van der Waals surface area contributed by atoms with Gasteiger partial charge in [-0.1, -0.05) is 30.3 Å². The van der Waals surface area contributed by atoms with Crippen LogP contribution in [0, 0.1) is 0 Å². The molecule has 0 bridgehead atoms. The molecule has 1 saturated heterocycles. The lowest BCUT2D eigenvalue weighted by Crippen LogP contribution is -2.49. The van der Waals surface area contributed by atoms with E-state index in [4.69, 9.17) is 5.73 Å². The molecule has 3 nitrogen and oxygen atoms in total. The maximum Gasteiger partial charge on any atom is 0.0234 e. The molecule has 1 aromatic carbocycles. The molecule has 1 aromatic rings. The van der Waals surface area contributed by atoms with Gasteiger partial charge < -0.3 is 5.73 Å². The van der Waals surface area contributed by atoms with E-state index in [1.807, 2.05) is 0 Å². The maximum atomic E-state index is 5.80. The van der Waals surface area contributed by atoms with Crippen LogP contribution in [0.25, 0.3) is 0 Å². The van der Waals surface area contributed by atoms with Crippen molar-refractivity contribution >= 4 is 0 Å². The van der Waals surface area contributed by atoms with Crippen LogP contribution in [0.4, 0.5) is 0 Å². The Morgan fingerprint density at radius 2 is 1.90 bits per heavy atom. The highest BCUT2D eigenvalue weighted by Gasteiger charge is 2.35. The fourth-order valence-electron chi connectivity index (χ4n) is 3.51. The van der Waals surface area contributed by atoms with Crippen LogP contribution in [0.1, 0.15) is 31.2 Å². The van der Waals surface area contributed by atoms with E-state index in [-0.39, 0.29) is 0 Å². The standard InChI is InChI=1S/C17H27N3/c18-10-12-20(16-8-9-16)17-7-4-11-19(14-17)13-15-5-2-1-3-6-15/h1-3,5-6,16-17H,4,7-14,18H2/t17-/m0/s1. The highest BCUT2D eigenvalue weighted by atomic mass is 15.3. The fourth-order valence-corrected chi connectivity index (χ4v) is 3.51. The second-order valence-corrected chi connectivity index (χ2v) is 6.27. The number of benzene rings is 1. The monoisotopic (exact) mass is 273 g/mol. The van der Waals surface area contributed by atoms with Crippen molar-refractivity contribution in [1.29, 1.82) is 0 Å². The van der Waals surface area contributed by atoms with Crippen molar-refractivity contribution in [1.82, 2.24) is 9.80 Å². The number of nitrogens with two attached hydrogens (primary N) is 1. The van der Waals surface area contributed by atoms with Gasteiger partial charge in [0, 0.05) is 38.3 Å². The van der Waals surface area contributed by atoms with Crippen molar-refractivity contribution in [3.63, 3.8) is 0 Å². The molecular weight excluding hydrogens is 246 g/mol. The summed E-state index contributed by atoms with van der Waals surface area (Å²) < 4.78 is 0. The summed E-state index contributed by atoms with van der Waals surface area (Å²) in [7, 11) is 0. The Labute approximate surface area is 122 Å². The maximum absolute atomic E-state index is 5.80. The number of nitrogens with zero attached hydrogens (tertiary/aromatic N) is 2. The van der Waals surface area contributed by atoms with Crippen LogP contribution in [-0.2, 0) is 6.54 Å². The van der Waals surface area contributed by atoms with E-state index in [2.05, 4.69) is 40.1 Å². The third-order valence-electron chi connectivity index (χ3n) is 4.60. The Morgan fingerprint density at radius 1 is 1.10 bits per heavy atom. The molecule has 0 aromatic heterocycles. The van der Waals surface area contributed by atoms with Gasteiger partial charge in [0.25, 0.3) is 0 Å². The molecule has 0 spiro atoms. The zero-order valence-corrected chi connectivity index (χ0v) is 12.4. The van der Waals surface area contributed by atoms with Gasteiger partial charge in [-0.05, 0) is 37.8 Å². The Bertz CT molecular complexity index is 402. The van der Waals surface area contributed by atoms with Crippen LogP contribution in [-0.4, -0.2) is 48.1 Å². The molecule has 20 heavy (non-hydrogen) atoms. The Hall–Kier alpha value is -0.900. The molecule has 3 heteroatoms. The van der Waals surface area contributed by atoms with Gasteiger partial charge in [-0.3, -0.25) is 9.80 Å². The van der Waals surface area contributed by atoms with E-state index in [1.165, 1.54) is 44.3 Å². The predicted molar refractivity (Wildman–Crippen MR) is 83.5 cm³/mol. The van der Waals surface area contributed by atoms with Gasteiger partial charge in [0.15, 0.2) is 0 Å². The highest BCUT2D eigenvalue weighted by Crippen LogP contribution is 2.31. The lowest BCUT2D eigenvalue weighted by atomic mass is 10.0. The molecule has 3 rings (SSSR count). The topological polar surface area (TPSA) is 32.5 Å². The first-order valence-corrected chi connectivity index (χ1v) is 8.09. The van der Waals surface area contributed by atoms with Crippen molar-refractivity contribution in [2.75, 3.05) is 26.2 Å². The molecule has 2 fully saturated rings. The Kier molecular flexibility index (Phi) is 4.71. The quantitative estimate of drug-likeness (QED) is 0.861. The summed E-state index contributed by atoms with van der Waals surface area (Å²) in [5.74, 6) is 0. The smallest absolute Gasteiger partial charge is 0.0234 e. The molecule has 0 radical (unpaired) electrons. The van der Waals surface area contributed by atoms with E-state index < -0.39 is 0 Å². The van der Waals surface area contributed by atoms with E-state index in [9.17, 15) is 0 Å². The normalized spacial score (nSPS) is 24.2. The largest absolute Gasteiger partial charge is 0.329 e. The van der Waals surface area contributed by atoms with Crippen LogP contribution < -0.4 is 5.73 Å². The number of likely N-dealkylation sites (tertiary alicyclic amines) is 1. The second-order valence-electron chi connectivity index (χ2n) is 6.27. The summed E-state index contributed by atoms with van der Waals surface area (Å²) in [5.41, 5.74) is 7.24. The first-order valence-electron chi connectivity index (χ1n) is 8.09. The minimum atomic E-state index is 0.725. The zero-order valence-electron chi connectivity index (χ0n) is 12.4. The van der Waals surface area contributed by atoms with Gasteiger partial charge in [-0.2, -0.15) is 0 Å². The van der Waals surface area contributed by atoms with E-state index in [0.29, 0.717) is 0 Å². The lowest BCUT2D eigenvalue weighted by Gasteiger charge is -2.39. The minimum Gasteiger partial charge on any atom is -0.329 e. The van der Waals surface area contributed by atoms with Crippen LogP contribution in [0.15, 0.2) is 30.3 Å². The van der Waals surface area contributed by atoms with Crippen molar-refractivity contribution in [3.8, 4) is 0 Å². The average Bonchev–Trinajstić information content (AvgIpc) is 3.31. The molecule has 1 atom stereocenters. The average molecular weight is 273 g/mol. The number of rotatable bonds is 6. The molecule has 0 amide bonds. The summed E-state index contributed by atoms with van der Waals surface area (Å²) in [6.07, 6.45) is 5.44. The van der Waals surface area contributed by atoms with Crippen LogP contribution in [0.3, 0.4) is 0 Å². The summed E-state index contributed by atoms with van der Waals surface area (Å²) in [6, 6.07) is 12.4. The van der Waals surface area contributed by atoms with E-state index in [1.54, 1.807) is 0 Å². The third-order valence-corrected chi connectivity index (χ3v) is 4.60. The first-order chi connectivity index (χ1) is 9.86. The summed E-state index contributed by atoms with van der Waals surface area (Å²) in [6.45, 7) is 5.43. The number of piperidine rings is 1. The van der Waals surface area contributed by atoms with E-state index >= 15 is 0 Å². The Morgan fingerprint density at radius 3 is 2.60 bits per heavy atom. The molecule has 1 heterocycles. The minimum absolute atomic E-state index is 0.725. The summed E-state index contributed by atoms with van der Waals surface area (Å²) in [5, 5.41) is 0.